The van der Waals surface area contributed by atoms with Gasteiger partial charge in [-0.05, 0) is 38.1 Å². The summed E-state index contributed by atoms with van der Waals surface area (Å²) in [5.74, 6) is 2.00. The van der Waals surface area contributed by atoms with Gasteiger partial charge in [0.2, 0.25) is 0 Å². The van der Waals surface area contributed by atoms with Gasteiger partial charge in [-0.15, -0.1) is 0 Å². The van der Waals surface area contributed by atoms with Crippen LogP contribution in [-0.2, 0) is 4.74 Å². The highest BCUT2D eigenvalue weighted by Gasteiger charge is 2.41. The van der Waals surface area contributed by atoms with E-state index in [9.17, 15) is 0 Å². The van der Waals surface area contributed by atoms with Gasteiger partial charge in [0.25, 0.3) is 0 Å². The third-order valence-corrected chi connectivity index (χ3v) is 4.92. The van der Waals surface area contributed by atoms with Crippen molar-refractivity contribution in [3.63, 3.8) is 0 Å². The Bertz CT molecular complexity index is 234. The average Bonchev–Trinajstić information content (AvgIpc) is 2.89. The van der Waals surface area contributed by atoms with Crippen LogP contribution in [0.3, 0.4) is 0 Å². The first-order chi connectivity index (χ1) is 7.88. The van der Waals surface area contributed by atoms with Gasteiger partial charge in [-0.3, -0.25) is 4.90 Å². The molecule has 4 unspecified atom stereocenters. The Kier molecular flexibility index (Phi) is 3.18. The lowest BCUT2D eigenvalue weighted by Crippen LogP contribution is -2.54. The lowest BCUT2D eigenvalue weighted by Gasteiger charge is -2.38. The summed E-state index contributed by atoms with van der Waals surface area (Å²) in [6.07, 6.45) is 5.59. The van der Waals surface area contributed by atoms with E-state index in [1.54, 1.807) is 0 Å². The number of ether oxygens (including phenoxy) is 1. The number of likely N-dealkylation sites (tertiary alicyclic amines) is 1. The molecule has 2 saturated heterocycles. The summed E-state index contributed by atoms with van der Waals surface area (Å²) >= 11 is 0. The van der Waals surface area contributed by atoms with Crippen LogP contribution in [0.25, 0.3) is 0 Å². The first kappa shape index (κ1) is 11.0. The smallest absolute Gasteiger partial charge is 0.0637 e. The Hall–Kier alpha value is -0.120. The van der Waals surface area contributed by atoms with E-state index in [1.165, 1.54) is 38.8 Å². The van der Waals surface area contributed by atoms with Crippen LogP contribution in [0.4, 0.5) is 0 Å². The van der Waals surface area contributed by atoms with Crippen LogP contribution in [0.1, 0.15) is 25.7 Å². The highest BCUT2D eigenvalue weighted by molar-refractivity contribution is 4.95. The van der Waals surface area contributed by atoms with Crippen LogP contribution < -0.4 is 5.32 Å². The molecule has 0 aromatic heterocycles. The lowest BCUT2D eigenvalue weighted by molar-refractivity contribution is 0.00431. The fraction of sp³-hybridized carbons (Fsp3) is 1.00. The van der Waals surface area contributed by atoms with E-state index in [-0.39, 0.29) is 0 Å². The molecule has 16 heavy (non-hydrogen) atoms. The summed E-state index contributed by atoms with van der Waals surface area (Å²) in [7, 11) is 2.10. The molecule has 3 fully saturated rings. The predicted octanol–water partition coefficient (Wildman–Crippen LogP) is 1.10. The largest absolute Gasteiger partial charge is 0.380 e. The fourth-order valence-corrected chi connectivity index (χ4v) is 3.96. The van der Waals surface area contributed by atoms with Crippen LogP contribution in [0, 0.1) is 11.8 Å². The summed E-state index contributed by atoms with van der Waals surface area (Å²) in [5, 5.41) is 3.47. The van der Waals surface area contributed by atoms with Crippen molar-refractivity contribution in [1.29, 1.82) is 0 Å². The Labute approximate surface area is 98.5 Å². The maximum absolute atomic E-state index is 5.67. The molecule has 0 spiro atoms. The summed E-state index contributed by atoms with van der Waals surface area (Å²) in [6, 6.07) is 1.27. The maximum Gasteiger partial charge on any atom is 0.0637 e. The first-order valence-electron chi connectivity index (χ1n) is 6.87. The topological polar surface area (TPSA) is 24.5 Å². The molecular weight excluding hydrogens is 200 g/mol. The quantitative estimate of drug-likeness (QED) is 0.760. The number of nitrogens with zero attached hydrogens (tertiary/aromatic N) is 1. The SMILES string of the molecule is CNC1CCOCC1N1CC2CCCC2C1. The van der Waals surface area contributed by atoms with Gasteiger partial charge < -0.3 is 10.1 Å². The molecule has 0 aromatic carbocycles. The molecular formula is C13H24N2O. The van der Waals surface area contributed by atoms with E-state index in [2.05, 4.69) is 17.3 Å². The van der Waals surface area contributed by atoms with Crippen LogP contribution in [0.5, 0.6) is 0 Å². The summed E-state index contributed by atoms with van der Waals surface area (Å²) in [4.78, 5) is 2.70. The van der Waals surface area contributed by atoms with Crippen molar-refractivity contribution in [2.75, 3.05) is 33.4 Å². The Morgan fingerprint density at radius 1 is 1.12 bits per heavy atom. The number of nitrogens with one attached hydrogen (secondary N) is 1. The van der Waals surface area contributed by atoms with Gasteiger partial charge >= 0.3 is 0 Å². The van der Waals surface area contributed by atoms with Gasteiger partial charge in [0, 0.05) is 31.8 Å². The van der Waals surface area contributed by atoms with Crippen LogP contribution >= 0.6 is 0 Å². The van der Waals surface area contributed by atoms with E-state index in [1.807, 2.05) is 0 Å². The van der Waals surface area contributed by atoms with Crippen LogP contribution in [-0.4, -0.2) is 50.3 Å². The zero-order valence-electron chi connectivity index (χ0n) is 10.3. The molecule has 0 amide bonds. The molecule has 3 rings (SSSR count). The molecule has 0 radical (unpaired) electrons. The van der Waals surface area contributed by atoms with E-state index >= 15 is 0 Å². The highest BCUT2D eigenvalue weighted by Crippen LogP contribution is 2.39. The third-order valence-electron chi connectivity index (χ3n) is 4.92. The van der Waals surface area contributed by atoms with Crippen molar-refractivity contribution in [2.45, 2.75) is 37.8 Å². The van der Waals surface area contributed by atoms with Crippen LogP contribution in [0.15, 0.2) is 0 Å². The minimum absolute atomic E-state index is 0.629. The molecule has 3 heteroatoms. The van der Waals surface area contributed by atoms with E-state index < -0.39 is 0 Å². The third kappa shape index (κ3) is 1.89. The summed E-state index contributed by atoms with van der Waals surface area (Å²) in [6.45, 7) is 4.53. The van der Waals surface area contributed by atoms with Crippen molar-refractivity contribution < 1.29 is 4.74 Å². The van der Waals surface area contributed by atoms with Gasteiger partial charge in [-0.25, -0.2) is 0 Å². The first-order valence-corrected chi connectivity index (χ1v) is 6.87. The number of likely N-dealkylation sites (N-methyl/N-ethyl adjacent to an activating group) is 1. The zero-order chi connectivity index (χ0) is 11.0. The van der Waals surface area contributed by atoms with Crippen molar-refractivity contribution in [2.24, 2.45) is 11.8 Å². The van der Waals surface area contributed by atoms with E-state index in [0.29, 0.717) is 12.1 Å². The van der Waals surface area contributed by atoms with Gasteiger partial charge in [0.1, 0.15) is 0 Å². The van der Waals surface area contributed by atoms with Crippen molar-refractivity contribution in [3.05, 3.63) is 0 Å². The standard InChI is InChI=1S/C13H24N2O/c1-14-12-5-6-16-9-13(12)15-7-10-3-2-4-11(10)8-15/h10-14H,2-9H2,1H3. The molecule has 3 aliphatic rings. The van der Waals surface area contributed by atoms with E-state index in [0.717, 1.165) is 25.0 Å². The molecule has 0 aromatic rings. The van der Waals surface area contributed by atoms with Gasteiger partial charge in [-0.2, -0.15) is 0 Å². The number of fused-ring (bicyclic) bond motifs is 1. The lowest BCUT2D eigenvalue weighted by atomic mass is 10.0. The molecule has 1 saturated carbocycles. The zero-order valence-corrected chi connectivity index (χ0v) is 10.3. The Balaban J connectivity index is 1.64. The van der Waals surface area contributed by atoms with Gasteiger partial charge in [-0.1, -0.05) is 6.42 Å². The number of rotatable bonds is 2. The van der Waals surface area contributed by atoms with Gasteiger partial charge in [0.05, 0.1) is 6.61 Å². The summed E-state index contributed by atoms with van der Waals surface area (Å²) < 4.78 is 5.67. The number of hydrogen-bond acceptors (Lipinski definition) is 3. The number of hydrogen-bond donors (Lipinski definition) is 1. The second-order valence-corrected chi connectivity index (χ2v) is 5.73. The van der Waals surface area contributed by atoms with E-state index in [4.69, 9.17) is 4.74 Å². The monoisotopic (exact) mass is 224 g/mol. The molecule has 1 aliphatic carbocycles. The second kappa shape index (κ2) is 4.63. The minimum atomic E-state index is 0.629. The average molecular weight is 224 g/mol. The maximum atomic E-state index is 5.67. The summed E-state index contributed by atoms with van der Waals surface area (Å²) in [5.41, 5.74) is 0. The fourth-order valence-electron chi connectivity index (χ4n) is 3.96. The normalized spacial score (nSPS) is 44.8. The molecule has 2 heterocycles. The second-order valence-electron chi connectivity index (χ2n) is 5.73. The molecule has 4 atom stereocenters. The molecule has 0 bridgehead atoms. The predicted molar refractivity (Wildman–Crippen MR) is 64.5 cm³/mol. The Morgan fingerprint density at radius 2 is 1.88 bits per heavy atom. The molecule has 1 N–H and O–H groups in total. The molecule has 92 valence electrons. The Morgan fingerprint density at radius 3 is 2.56 bits per heavy atom. The highest BCUT2D eigenvalue weighted by atomic mass is 16.5. The van der Waals surface area contributed by atoms with Crippen molar-refractivity contribution in [1.82, 2.24) is 10.2 Å². The van der Waals surface area contributed by atoms with Crippen molar-refractivity contribution >= 4 is 0 Å². The van der Waals surface area contributed by atoms with Gasteiger partial charge in [0.15, 0.2) is 0 Å². The van der Waals surface area contributed by atoms with Crippen molar-refractivity contribution in [3.8, 4) is 0 Å². The minimum Gasteiger partial charge on any atom is -0.380 e. The molecule has 3 nitrogen and oxygen atoms in total. The van der Waals surface area contributed by atoms with Crippen LogP contribution in [0.2, 0.25) is 0 Å². The molecule has 2 aliphatic heterocycles.